The van der Waals surface area contributed by atoms with Gasteiger partial charge in [0.05, 0.1) is 11.4 Å². The number of aliphatic carboxylic acids is 1. The van der Waals surface area contributed by atoms with Gasteiger partial charge in [0.25, 0.3) is 0 Å². The Morgan fingerprint density at radius 3 is 3.00 bits per heavy atom. The van der Waals surface area contributed by atoms with Crippen LogP contribution in [0.5, 0.6) is 0 Å². The van der Waals surface area contributed by atoms with E-state index < -0.39 is 5.97 Å². The molecular weight excluding hydrogens is 234 g/mol. The number of nitrogens with zero attached hydrogens (tertiary/aromatic N) is 3. The van der Waals surface area contributed by atoms with E-state index in [1.807, 2.05) is 0 Å². The Balaban J connectivity index is 2.70. The summed E-state index contributed by atoms with van der Waals surface area (Å²) in [6, 6.07) is 3.22. The molecule has 0 amide bonds. The smallest absolute Gasteiger partial charge is 0.309 e. The largest absolute Gasteiger partial charge is 0.481 e. The van der Waals surface area contributed by atoms with E-state index in [9.17, 15) is 9.70 Å². The molecule has 0 aliphatic rings. The number of hydrogen-bond donors (Lipinski definition) is 1. The highest BCUT2D eigenvalue weighted by atomic mass is 35.5. The normalized spacial score (nSPS) is 10.6. The topological polar surface area (TPSA) is 84.0 Å². The Hall–Kier alpha value is -1.95. The summed E-state index contributed by atoms with van der Waals surface area (Å²) in [6.07, 6.45) is 1.19. The first kappa shape index (κ1) is 10.6. The first-order valence-electron chi connectivity index (χ1n) is 4.34. The first-order chi connectivity index (χ1) is 7.63. The third kappa shape index (κ3) is 1.63. The van der Waals surface area contributed by atoms with E-state index in [1.165, 1.54) is 4.40 Å². The molecule has 6 nitrogen and oxygen atoms in total. The summed E-state index contributed by atoms with van der Waals surface area (Å²) in [6.45, 7) is 0. The summed E-state index contributed by atoms with van der Waals surface area (Å²) in [4.78, 5) is 25.2. The number of carbonyl (C=O) groups is 1. The van der Waals surface area contributed by atoms with Gasteiger partial charge in [-0.25, -0.2) is 4.98 Å². The van der Waals surface area contributed by atoms with Crippen LogP contribution in [0.4, 0.5) is 5.82 Å². The molecule has 0 unspecified atom stereocenters. The van der Waals surface area contributed by atoms with Gasteiger partial charge in [0, 0.05) is 6.20 Å². The van der Waals surface area contributed by atoms with Crippen molar-refractivity contribution in [2.45, 2.75) is 6.42 Å². The lowest BCUT2D eigenvalue weighted by Crippen LogP contribution is -2.00. The van der Waals surface area contributed by atoms with Crippen molar-refractivity contribution in [2.75, 3.05) is 0 Å². The van der Waals surface area contributed by atoms with Crippen molar-refractivity contribution in [2.24, 2.45) is 5.18 Å². The summed E-state index contributed by atoms with van der Waals surface area (Å²) >= 11 is 5.86. The molecule has 0 radical (unpaired) electrons. The van der Waals surface area contributed by atoms with E-state index in [1.54, 1.807) is 18.3 Å². The minimum atomic E-state index is -1.08. The van der Waals surface area contributed by atoms with Crippen LogP contribution in [-0.4, -0.2) is 20.5 Å². The predicted octanol–water partition coefficient (Wildman–Crippen LogP) is 2.01. The maximum atomic E-state index is 10.6. The average Bonchev–Trinajstić information content (AvgIpc) is 2.56. The first-order valence-corrected chi connectivity index (χ1v) is 4.72. The van der Waals surface area contributed by atoms with E-state index >= 15 is 0 Å². The van der Waals surface area contributed by atoms with E-state index in [-0.39, 0.29) is 17.9 Å². The molecule has 0 aliphatic heterocycles. The van der Waals surface area contributed by atoms with Gasteiger partial charge in [-0.15, -0.1) is 4.91 Å². The number of rotatable bonds is 3. The molecule has 0 aliphatic carbocycles. The number of halogens is 1. The number of aromatic nitrogens is 2. The van der Waals surface area contributed by atoms with Crippen LogP contribution >= 0.6 is 11.6 Å². The Morgan fingerprint density at radius 2 is 2.38 bits per heavy atom. The van der Waals surface area contributed by atoms with Crippen LogP contribution in [0.3, 0.4) is 0 Å². The molecule has 2 heterocycles. The molecule has 7 heteroatoms. The Kier molecular flexibility index (Phi) is 2.57. The molecule has 16 heavy (non-hydrogen) atoms. The molecule has 0 bridgehead atoms. The highest BCUT2D eigenvalue weighted by molar-refractivity contribution is 6.33. The van der Waals surface area contributed by atoms with Gasteiger partial charge >= 0.3 is 5.97 Å². The highest BCUT2D eigenvalue weighted by Crippen LogP contribution is 2.25. The molecule has 0 spiro atoms. The molecule has 82 valence electrons. The lowest BCUT2D eigenvalue weighted by molar-refractivity contribution is -0.136. The van der Waals surface area contributed by atoms with Crippen LogP contribution in [0.2, 0.25) is 5.02 Å². The van der Waals surface area contributed by atoms with Gasteiger partial charge in [0.1, 0.15) is 5.69 Å². The van der Waals surface area contributed by atoms with Crippen molar-refractivity contribution in [3.8, 4) is 0 Å². The molecule has 2 aromatic heterocycles. The predicted molar refractivity (Wildman–Crippen MR) is 57.0 cm³/mol. The highest BCUT2D eigenvalue weighted by Gasteiger charge is 2.16. The molecule has 2 rings (SSSR count). The second-order valence-corrected chi connectivity index (χ2v) is 3.50. The van der Waals surface area contributed by atoms with Gasteiger partial charge in [-0.05, 0) is 17.3 Å². The van der Waals surface area contributed by atoms with Crippen LogP contribution in [0.1, 0.15) is 5.69 Å². The van der Waals surface area contributed by atoms with Crippen molar-refractivity contribution in [1.82, 2.24) is 9.38 Å². The second kappa shape index (κ2) is 3.90. The van der Waals surface area contributed by atoms with Crippen LogP contribution in [-0.2, 0) is 11.2 Å². The summed E-state index contributed by atoms with van der Waals surface area (Å²) in [5.41, 5.74) is 0.436. The minimum Gasteiger partial charge on any atom is -0.481 e. The molecule has 0 atom stereocenters. The van der Waals surface area contributed by atoms with Crippen molar-refractivity contribution in [3.63, 3.8) is 0 Å². The lowest BCUT2D eigenvalue weighted by atomic mass is 10.3. The molecule has 0 fully saturated rings. The quantitative estimate of drug-likeness (QED) is 0.831. The standard InChI is InChI=1S/C9H6ClN3O3/c10-5-2-1-3-13-8(5)11-6(4-7(14)15)9(13)12-16/h1-3H,4H2,(H,14,15). The summed E-state index contributed by atoms with van der Waals surface area (Å²) in [5, 5.41) is 11.8. The van der Waals surface area contributed by atoms with Gasteiger partial charge in [-0.3, -0.25) is 9.20 Å². The van der Waals surface area contributed by atoms with Gasteiger partial charge in [-0.1, -0.05) is 11.6 Å². The number of pyridine rings is 1. The lowest BCUT2D eigenvalue weighted by Gasteiger charge is -1.94. The van der Waals surface area contributed by atoms with Crippen molar-refractivity contribution >= 4 is 29.0 Å². The van der Waals surface area contributed by atoms with Crippen LogP contribution in [0, 0.1) is 4.91 Å². The molecular formula is C9H6ClN3O3. The molecule has 2 aromatic rings. The van der Waals surface area contributed by atoms with Gasteiger partial charge in [0.15, 0.2) is 5.65 Å². The minimum absolute atomic E-state index is 0.0279. The van der Waals surface area contributed by atoms with Crippen molar-refractivity contribution < 1.29 is 9.90 Å². The SMILES string of the molecule is O=Nc1c(CC(=O)O)nc2c(Cl)cccn12. The zero-order chi connectivity index (χ0) is 11.7. The molecule has 0 saturated heterocycles. The van der Waals surface area contributed by atoms with Crippen molar-refractivity contribution in [1.29, 1.82) is 0 Å². The fourth-order valence-corrected chi connectivity index (χ4v) is 1.63. The molecule has 0 aromatic carbocycles. The van der Waals surface area contributed by atoms with E-state index in [2.05, 4.69) is 10.2 Å². The van der Waals surface area contributed by atoms with Crippen LogP contribution in [0.15, 0.2) is 23.5 Å². The summed E-state index contributed by atoms with van der Waals surface area (Å²) in [5.74, 6) is -1.11. The fourth-order valence-electron chi connectivity index (χ4n) is 1.43. The summed E-state index contributed by atoms with van der Waals surface area (Å²) < 4.78 is 1.37. The number of carboxylic acids is 1. The third-order valence-electron chi connectivity index (χ3n) is 2.05. The van der Waals surface area contributed by atoms with Gasteiger partial charge in [-0.2, -0.15) is 0 Å². The van der Waals surface area contributed by atoms with Gasteiger partial charge in [0.2, 0.25) is 5.82 Å². The number of carboxylic acid groups (broad SMARTS) is 1. The number of fused-ring (bicyclic) bond motifs is 1. The maximum absolute atomic E-state index is 10.6. The molecule has 1 N–H and O–H groups in total. The fraction of sp³-hybridized carbons (Fsp3) is 0.111. The Bertz CT molecular complexity index is 579. The third-order valence-corrected chi connectivity index (χ3v) is 2.35. The van der Waals surface area contributed by atoms with Crippen LogP contribution < -0.4 is 0 Å². The van der Waals surface area contributed by atoms with Crippen LogP contribution in [0.25, 0.3) is 5.65 Å². The Labute approximate surface area is 94.5 Å². The summed E-state index contributed by atoms with van der Waals surface area (Å²) in [7, 11) is 0. The number of hydrogen-bond acceptors (Lipinski definition) is 4. The van der Waals surface area contributed by atoms with E-state index in [4.69, 9.17) is 16.7 Å². The maximum Gasteiger partial charge on any atom is 0.309 e. The average molecular weight is 240 g/mol. The second-order valence-electron chi connectivity index (χ2n) is 3.09. The van der Waals surface area contributed by atoms with Crippen molar-refractivity contribution in [3.05, 3.63) is 34.0 Å². The molecule has 0 saturated carbocycles. The number of nitroso groups, excluding NO2 is 1. The van der Waals surface area contributed by atoms with E-state index in [0.717, 1.165) is 0 Å². The zero-order valence-electron chi connectivity index (χ0n) is 7.92. The van der Waals surface area contributed by atoms with Gasteiger partial charge < -0.3 is 5.11 Å². The van der Waals surface area contributed by atoms with E-state index in [0.29, 0.717) is 10.7 Å². The Morgan fingerprint density at radius 1 is 1.62 bits per heavy atom. The number of imidazole rings is 1. The zero-order valence-corrected chi connectivity index (χ0v) is 8.68. The monoisotopic (exact) mass is 239 g/mol.